The smallest absolute Gasteiger partial charge is 0.322 e. The highest BCUT2D eigenvalue weighted by Crippen LogP contribution is 2.20. The fourth-order valence-electron chi connectivity index (χ4n) is 2.23. The van der Waals surface area contributed by atoms with Gasteiger partial charge in [-0.2, -0.15) is 0 Å². The normalized spacial score (nSPS) is 10.5. The second-order valence-corrected chi connectivity index (χ2v) is 7.07. The molecule has 1 amide bonds. The molecule has 0 unspecified atom stereocenters. The van der Waals surface area contributed by atoms with Crippen molar-refractivity contribution in [2.24, 2.45) is 0 Å². The Bertz CT molecular complexity index is 926. The minimum atomic E-state index is -0.539. The molecule has 0 spiro atoms. The van der Waals surface area contributed by atoms with Crippen LogP contribution in [-0.2, 0) is 14.3 Å². The van der Waals surface area contributed by atoms with Crippen LogP contribution in [0.4, 0.5) is 6.01 Å². The van der Waals surface area contributed by atoms with Gasteiger partial charge in [-0.05, 0) is 31.2 Å². The summed E-state index contributed by atoms with van der Waals surface area (Å²) in [6.07, 6.45) is 0.213. The van der Waals surface area contributed by atoms with Crippen molar-refractivity contribution in [2.75, 3.05) is 17.7 Å². The molecule has 0 radical (unpaired) electrons. The average molecular weight is 397 g/mol. The number of hydrogen-bond acceptors (Lipinski definition) is 7. The van der Waals surface area contributed by atoms with Crippen molar-refractivity contribution in [3.05, 3.63) is 60.2 Å². The zero-order valence-electron chi connectivity index (χ0n) is 15.3. The van der Waals surface area contributed by atoms with Crippen LogP contribution in [-0.4, -0.2) is 34.4 Å². The SMILES string of the molecule is Cc1ccc(SCCC(=O)OCC(=O)Nc2nnc(-c3ccccc3)o2)cc1. The molecule has 0 saturated carbocycles. The molecule has 1 N–H and O–H groups in total. The lowest BCUT2D eigenvalue weighted by Gasteiger charge is -2.04. The summed E-state index contributed by atoms with van der Waals surface area (Å²) in [5.74, 6) is -0.109. The van der Waals surface area contributed by atoms with Crippen LogP contribution in [0.3, 0.4) is 0 Å². The van der Waals surface area contributed by atoms with Gasteiger partial charge in [-0.15, -0.1) is 16.9 Å². The van der Waals surface area contributed by atoms with Gasteiger partial charge in [-0.3, -0.25) is 14.9 Å². The molecule has 0 fully saturated rings. The predicted molar refractivity (Wildman–Crippen MR) is 106 cm³/mol. The van der Waals surface area contributed by atoms with E-state index in [1.54, 1.807) is 11.8 Å². The summed E-state index contributed by atoms with van der Waals surface area (Å²) in [5, 5.41) is 10.0. The van der Waals surface area contributed by atoms with Crippen LogP contribution in [0.15, 0.2) is 63.9 Å². The molecule has 144 valence electrons. The number of esters is 1. The van der Waals surface area contributed by atoms with Crippen molar-refractivity contribution in [1.82, 2.24) is 10.2 Å². The number of aryl methyl sites for hydroxylation is 1. The van der Waals surface area contributed by atoms with Gasteiger partial charge in [0, 0.05) is 16.2 Å². The Labute approximate surface area is 166 Å². The van der Waals surface area contributed by atoms with Crippen molar-refractivity contribution in [1.29, 1.82) is 0 Å². The van der Waals surface area contributed by atoms with E-state index in [2.05, 4.69) is 15.5 Å². The second kappa shape index (κ2) is 9.70. The fraction of sp³-hybridized carbons (Fsp3) is 0.200. The van der Waals surface area contributed by atoms with Crippen LogP contribution in [0.5, 0.6) is 0 Å². The third kappa shape index (κ3) is 5.95. The van der Waals surface area contributed by atoms with E-state index >= 15 is 0 Å². The van der Waals surface area contributed by atoms with Gasteiger partial charge in [-0.1, -0.05) is 41.0 Å². The van der Waals surface area contributed by atoms with E-state index in [-0.39, 0.29) is 12.4 Å². The van der Waals surface area contributed by atoms with Gasteiger partial charge in [0.15, 0.2) is 6.61 Å². The first-order valence-corrected chi connectivity index (χ1v) is 9.62. The summed E-state index contributed by atoms with van der Waals surface area (Å²) in [6, 6.07) is 17.2. The lowest BCUT2D eigenvalue weighted by Crippen LogP contribution is -2.21. The number of thioether (sulfide) groups is 1. The molecule has 1 heterocycles. The average Bonchev–Trinajstić information content (AvgIpc) is 3.17. The molecule has 7 nitrogen and oxygen atoms in total. The molecule has 0 bridgehead atoms. The number of ether oxygens (including phenoxy) is 1. The summed E-state index contributed by atoms with van der Waals surface area (Å²) in [7, 11) is 0. The third-order valence-corrected chi connectivity index (χ3v) is 4.67. The molecule has 1 aromatic heterocycles. The maximum absolute atomic E-state index is 11.9. The summed E-state index contributed by atoms with van der Waals surface area (Å²) >= 11 is 1.56. The van der Waals surface area contributed by atoms with Gasteiger partial charge < -0.3 is 9.15 Å². The molecule has 3 rings (SSSR count). The van der Waals surface area contributed by atoms with Crippen LogP contribution >= 0.6 is 11.8 Å². The Morgan fingerprint density at radius 1 is 1.07 bits per heavy atom. The minimum Gasteiger partial charge on any atom is -0.456 e. The lowest BCUT2D eigenvalue weighted by molar-refractivity contribution is -0.146. The van der Waals surface area contributed by atoms with Crippen molar-refractivity contribution >= 4 is 29.7 Å². The van der Waals surface area contributed by atoms with Gasteiger partial charge in [-0.25, -0.2) is 0 Å². The molecule has 0 aliphatic heterocycles. The van der Waals surface area contributed by atoms with Crippen molar-refractivity contribution in [2.45, 2.75) is 18.2 Å². The summed E-state index contributed by atoms with van der Waals surface area (Å²) in [6.45, 7) is 1.62. The number of nitrogens with zero attached hydrogens (tertiary/aromatic N) is 2. The number of amides is 1. The molecule has 3 aromatic rings. The van der Waals surface area contributed by atoms with Crippen molar-refractivity contribution < 1.29 is 18.7 Å². The number of anilines is 1. The number of carbonyl (C=O) groups is 2. The van der Waals surface area contributed by atoms with Gasteiger partial charge in [0.1, 0.15) is 0 Å². The molecular formula is C20H19N3O4S. The van der Waals surface area contributed by atoms with E-state index in [1.165, 1.54) is 5.56 Å². The summed E-state index contributed by atoms with van der Waals surface area (Å²) < 4.78 is 10.3. The first-order valence-electron chi connectivity index (χ1n) is 8.64. The number of rotatable bonds is 8. The number of benzene rings is 2. The Hall–Kier alpha value is -3.13. The highest BCUT2D eigenvalue weighted by Gasteiger charge is 2.13. The van der Waals surface area contributed by atoms with Gasteiger partial charge in [0.05, 0.1) is 6.42 Å². The topological polar surface area (TPSA) is 94.3 Å². The highest BCUT2D eigenvalue weighted by atomic mass is 32.2. The molecule has 0 atom stereocenters. The van der Waals surface area contributed by atoms with Crippen LogP contribution in [0.2, 0.25) is 0 Å². The zero-order valence-corrected chi connectivity index (χ0v) is 16.1. The van der Waals surface area contributed by atoms with Crippen molar-refractivity contribution in [3.8, 4) is 11.5 Å². The number of aromatic nitrogens is 2. The molecule has 0 aliphatic carbocycles. The zero-order chi connectivity index (χ0) is 19.8. The largest absolute Gasteiger partial charge is 0.456 e. The maximum atomic E-state index is 11.9. The predicted octanol–water partition coefficient (Wildman–Crippen LogP) is 3.71. The van der Waals surface area contributed by atoms with E-state index < -0.39 is 18.5 Å². The molecule has 0 aliphatic rings. The number of hydrogen-bond donors (Lipinski definition) is 1. The standard InChI is InChI=1S/C20H19N3O4S/c1-14-7-9-16(10-8-14)28-12-11-18(25)26-13-17(24)21-20-23-22-19(27-20)15-5-3-2-4-6-15/h2-10H,11-13H2,1H3,(H,21,23,24). The fourth-order valence-corrected chi connectivity index (χ4v) is 3.06. The number of carbonyl (C=O) groups excluding carboxylic acids is 2. The highest BCUT2D eigenvalue weighted by molar-refractivity contribution is 7.99. The summed E-state index contributed by atoms with van der Waals surface area (Å²) in [4.78, 5) is 24.7. The van der Waals surface area contributed by atoms with Crippen LogP contribution in [0.25, 0.3) is 11.5 Å². The van der Waals surface area contributed by atoms with Crippen LogP contribution in [0, 0.1) is 6.92 Å². The monoisotopic (exact) mass is 397 g/mol. The van der Waals surface area contributed by atoms with Gasteiger partial charge in [0.2, 0.25) is 5.89 Å². The van der Waals surface area contributed by atoms with Gasteiger partial charge >= 0.3 is 12.0 Å². The van der Waals surface area contributed by atoms with E-state index in [9.17, 15) is 9.59 Å². The Morgan fingerprint density at radius 2 is 1.82 bits per heavy atom. The quantitative estimate of drug-likeness (QED) is 0.457. The molecular weight excluding hydrogens is 378 g/mol. The number of nitrogens with one attached hydrogen (secondary N) is 1. The molecule has 28 heavy (non-hydrogen) atoms. The van der Waals surface area contributed by atoms with E-state index in [1.807, 2.05) is 61.5 Å². The van der Waals surface area contributed by atoms with E-state index in [0.717, 1.165) is 10.5 Å². The Morgan fingerprint density at radius 3 is 2.57 bits per heavy atom. The van der Waals surface area contributed by atoms with E-state index in [0.29, 0.717) is 11.6 Å². The van der Waals surface area contributed by atoms with E-state index in [4.69, 9.17) is 9.15 Å². The minimum absolute atomic E-state index is 0.0465. The lowest BCUT2D eigenvalue weighted by atomic mass is 10.2. The first-order chi connectivity index (χ1) is 13.6. The molecule has 0 saturated heterocycles. The Kier molecular flexibility index (Phi) is 6.80. The third-order valence-electron chi connectivity index (χ3n) is 3.65. The van der Waals surface area contributed by atoms with Crippen LogP contribution in [0.1, 0.15) is 12.0 Å². The Balaban J connectivity index is 1.37. The molecule has 8 heteroatoms. The summed E-state index contributed by atoms with van der Waals surface area (Å²) in [5.41, 5.74) is 1.93. The molecule has 2 aromatic carbocycles. The second-order valence-electron chi connectivity index (χ2n) is 5.90. The first kappa shape index (κ1) is 19.6. The van der Waals surface area contributed by atoms with Gasteiger partial charge in [0.25, 0.3) is 5.91 Å². The van der Waals surface area contributed by atoms with Crippen molar-refractivity contribution in [3.63, 3.8) is 0 Å². The maximum Gasteiger partial charge on any atom is 0.322 e. The van der Waals surface area contributed by atoms with Crippen LogP contribution < -0.4 is 5.32 Å².